The summed E-state index contributed by atoms with van der Waals surface area (Å²) in [6.45, 7) is 5.89. The Hall–Kier alpha value is -2.71. The Bertz CT molecular complexity index is 1110. The number of carbonyl (C=O) groups is 1. The number of ether oxygens (including phenoxy) is 1. The van der Waals surface area contributed by atoms with Gasteiger partial charge in [0.15, 0.2) is 0 Å². The summed E-state index contributed by atoms with van der Waals surface area (Å²) >= 11 is 0. The van der Waals surface area contributed by atoms with Crippen LogP contribution in [0, 0.1) is 12.7 Å². The number of piperazine rings is 1. The van der Waals surface area contributed by atoms with Gasteiger partial charge in [-0.3, -0.25) is 14.7 Å². The standard InChI is InChI=1S/C26H29FN4O2.2ClH/c1-19-3-2-12-29-25(19)18-30-13-15-31(16-14-30)26(32)23-17-22(8-9-24(23)27)33-21-6-4-20(5-7-21)10-11-28;;/h2-9,12,17H,10-11,13-16,18,28H2,1H3;2*1H. The van der Waals surface area contributed by atoms with Gasteiger partial charge in [0.05, 0.1) is 11.3 Å². The van der Waals surface area contributed by atoms with Crippen LogP contribution in [-0.2, 0) is 13.0 Å². The number of halogens is 3. The molecule has 0 saturated carbocycles. The van der Waals surface area contributed by atoms with E-state index in [0.29, 0.717) is 44.2 Å². The molecule has 1 amide bonds. The maximum atomic E-state index is 14.5. The first-order valence-electron chi connectivity index (χ1n) is 11.2. The minimum absolute atomic E-state index is 0. The normalized spacial score (nSPS) is 13.5. The van der Waals surface area contributed by atoms with Gasteiger partial charge in [-0.2, -0.15) is 0 Å². The van der Waals surface area contributed by atoms with Crippen molar-refractivity contribution in [2.75, 3.05) is 32.7 Å². The van der Waals surface area contributed by atoms with Gasteiger partial charge < -0.3 is 15.4 Å². The van der Waals surface area contributed by atoms with Crippen molar-refractivity contribution in [3.05, 3.63) is 89.0 Å². The molecule has 0 aliphatic carbocycles. The number of nitrogens with two attached hydrogens (primary N) is 1. The first kappa shape index (κ1) is 28.5. The highest BCUT2D eigenvalue weighted by molar-refractivity contribution is 5.95. The monoisotopic (exact) mass is 520 g/mol. The lowest BCUT2D eigenvalue weighted by atomic mass is 10.1. The molecule has 1 aromatic heterocycles. The minimum Gasteiger partial charge on any atom is -0.457 e. The molecule has 0 bridgehead atoms. The van der Waals surface area contributed by atoms with Gasteiger partial charge in [-0.15, -0.1) is 24.8 Å². The number of rotatable bonds is 7. The number of hydrogen-bond acceptors (Lipinski definition) is 5. The van der Waals surface area contributed by atoms with E-state index in [9.17, 15) is 9.18 Å². The van der Waals surface area contributed by atoms with Crippen LogP contribution in [-0.4, -0.2) is 53.4 Å². The van der Waals surface area contributed by atoms with Crippen molar-refractivity contribution >= 4 is 30.7 Å². The number of aryl methyl sites for hydroxylation is 1. The van der Waals surface area contributed by atoms with Crippen LogP contribution in [0.5, 0.6) is 11.5 Å². The molecule has 2 aromatic carbocycles. The Balaban J connectivity index is 0.00000216. The second-order valence-corrected chi connectivity index (χ2v) is 8.26. The Kier molecular flexibility index (Phi) is 10.9. The van der Waals surface area contributed by atoms with Crippen molar-refractivity contribution < 1.29 is 13.9 Å². The molecule has 1 aliphatic heterocycles. The number of hydrogen-bond donors (Lipinski definition) is 1. The molecule has 1 aliphatic rings. The van der Waals surface area contributed by atoms with E-state index >= 15 is 0 Å². The van der Waals surface area contributed by atoms with E-state index in [2.05, 4.69) is 22.9 Å². The minimum atomic E-state index is -0.544. The zero-order chi connectivity index (χ0) is 23.2. The molecule has 4 rings (SSSR count). The van der Waals surface area contributed by atoms with Crippen LogP contribution in [0.1, 0.15) is 27.2 Å². The smallest absolute Gasteiger partial charge is 0.257 e. The van der Waals surface area contributed by atoms with Gasteiger partial charge in [0, 0.05) is 38.9 Å². The van der Waals surface area contributed by atoms with E-state index in [1.165, 1.54) is 18.2 Å². The van der Waals surface area contributed by atoms with Crippen molar-refractivity contribution in [3.63, 3.8) is 0 Å². The highest BCUT2D eigenvalue weighted by Gasteiger charge is 2.25. The van der Waals surface area contributed by atoms with Crippen LogP contribution >= 0.6 is 24.8 Å². The first-order valence-corrected chi connectivity index (χ1v) is 11.2. The van der Waals surface area contributed by atoms with Gasteiger partial charge in [-0.05, 0) is 67.4 Å². The molecule has 1 saturated heterocycles. The lowest BCUT2D eigenvalue weighted by Gasteiger charge is -2.34. The molecule has 2 heterocycles. The molecule has 188 valence electrons. The second-order valence-electron chi connectivity index (χ2n) is 8.26. The van der Waals surface area contributed by atoms with Crippen molar-refractivity contribution in [2.24, 2.45) is 5.73 Å². The van der Waals surface area contributed by atoms with E-state index in [0.717, 1.165) is 29.8 Å². The molecule has 9 heteroatoms. The lowest BCUT2D eigenvalue weighted by Crippen LogP contribution is -2.48. The fourth-order valence-corrected chi connectivity index (χ4v) is 3.93. The topological polar surface area (TPSA) is 71.7 Å². The summed E-state index contributed by atoms with van der Waals surface area (Å²) in [4.78, 5) is 21.5. The van der Waals surface area contributed by atoms with Crippen molar-refractivity contribution in [2.45, 2.75) is 19.9 Å². The highest BCUT2D eigenvalue weighted by atomic mass is 35.5. The quantitative estimate of drug-likeness (QED) is 0.491. The third-order valence-electron chi connectivity index (χ3n) is 5.91. The third kappa shape index (κ3) is 7.39. The number of nitrogens with zero attached hydrogens (tertiary/aromatic N) is 3. The van der Waals surface area contributed by atoms with Crippen LogP contribution < -0.4 is 10.5 Å². The van der Waals surface area contributed by atoms with Crippen molar-refractivity contribution in [1.29, 1.82) is 0 Å². The second kappa shape index (κ2) is 13.4. The summed E-state index contributed by atoms with van der Waals surface area (Å²) in [5.41, 5.74) is 8.94. The van der Waals surface area contributed by atoms with Gasteiger partial charge in [0.2, 0.25) is 0 Å². The largest absolute Gasteiger partial charge is 0.457 e. The molecule has 35 heavy (non-hydrogen) atoms. The van der Waals surface area contributed by atoms with E-state index in [-0.39, 0.29) is 36.3 Å². The number of aromatic nitrogens is 1. The molecule has 2 N–H and O–H groups in total. The van der Waals surface area contributed by atoms with Gasteiger partial charge in [0.25, 0.3) is 5.91 Å². The average molecular weight is 521 g/mol. The number of carbonyl (C=O) groups excluding carboxylic acids is 1. The highest BCUT2D eigenvalue weighted by Crippen LogP contribution is 2.25. The summed E-state index contributed by atoms with van der Waals surface area (Å²) in [6, 6.07) is 15.9. The van der Waals surface area contributed by atoms with E-state index in [1.54, 1.807) is 11.1 Å². The maximum absolute atomic E-state index is 14.5. The van der Waals surface area contributed by atoms with Crippen LogP contribution in [0.3, 0.4) is 0 Å². The summed E-state index contributed by atoms with van der Waals surface area (Å²) < 4.78 is 20.4. The van der Waals surface area contributed by atoms with E-state index in [4.69, 9.17) is 10.5 Å². The fourth-order valence-electron chi connectivity index (χ4n) is 3.93. The molecule has 0 atom stereocenters. The van der Waals surface area contributed by atoms with Gasteiger partial charge >= 0.3 is 0 Å². The third-order valence-corrected chi connectivity index (χ3v) is 5.91. The molecule has 6 nitrogen and oxygen atoms in total. The molecule has 0 unspecified atom stereocenters. The first-order chi connectivity index (χ1) is 16.0. The lowest BCUT2D eigenvalue weighted by molar-refractivity contribution is 0.0622. The van der Waals surface area contributed by atoms with Crippen molar-refractivity contribution in [1.82, 2.24) is 14.8 Å². The molecule has 0 radical (unpaired) electrons. The summed E-state index contributed by atoms with van der Waals surface area (Å²) in [7, 11) is 0. The fraction of sp³-hybridized carbons (Fsp3) is 0.308. The Morgan fingerprint density at radius 1 is 1.03 bits per heavy atom. The molecular formula is C26H31Cl2FN4O2. The maximum Gasteiger partial charge on any atom is 0.257 e. The van der Waals surface area contributed by atoms with Crippen molar-refractivity contribution in [3.8, 4) is 11.5 Å². The van der Waals surface area contributed by atoms with Crippen LogP contribution in [0.15, 0.2) is 60.8 Å². The van der Waals surface area contributed by atoms with Gasteiger partial charge in [-0.1, -0.05) is 18.2 Å². The zero-order valence-corrected chi connectivity index (χ0v) is 21.3. The van der Waals surface area contributed by atoms with E-state index in [1.807, 2.05) is 30.3 Å². The Morgan fingerprint density at radius 3 is 2.37 bits per heavy atom. The number of amides is 1. The SMILES string of the molecule is Cc1cccnc1CN1CCN(C(=O)c2cc(Oc3ccc(CCN)cc3)ccc2F)CC1.Cl.Cl. The van der Waals surface area contributed by atoms with Gasteiger partial charge in [-0.25, -0.2) is 4.39 Å². The summed E-state index contributed by atoms with van der Waals surface area (Å²) in [5.74, 6) is 0.192. The van der Waals surface area contributed by atoms with Crippen LogP contribution in [0.4, 0.5) is 4.39 Å². The molecular weight excluding hydrogens is 490 g/mol. The molecule has 1 fully saturated rings. The van der Waals surface area contributed by atoms with E-state index < -0.39 is 5.82 Å². The van der Waals surface area contributed by atoms with Gasteiger partial charge in [0.1, 0.15) is 17.3 Å². The average Bonchev–Trinajstić information content (AvgIpc) is 2.83. The predicted octanol–water partition coefficient (Wildman–Crippen LogP) is 4.62. The Labute approximate surface area is 218 Å². The van der Waals surface area contributed by atoms with Crippen LogP contribution in [0.25, 0.3) is 0 Å². The number of pyridine rings is 1. The number of benzene rings is 2. The molecule has 3 aromatic rings. The zero-order valence-electron chi connectivity index (χ0n) is 19.7. The predicted molar refractivity (Wildman–Crippen MR) is 140 cm³/mol. The Morgan fingerprint density at radius 2 is 1.71 bits per heavy atom. The summed E-state index contributed by atoms with van der Waals surface area (Å²) in [6.07, 6.45) is 2.60. The van der Waals surface area contributed by atoms with Crippen LogP contribution in [0.2, 0.25) is 0 Å². The molecule has 0 spiro atoms. The summed E-state index contributed by atoms with van der Waals surface area (Å²) in [5, 5.41) is 0.